The van der Waals surface area contributed by atoms with Gasteiger partial charge in [0.15, 0.2) is 5.16 Å². The number of anilines is 3. The number of carbonyl (C=O) groups is 2. The van der Waals surface area contributed by atoms with Crippen LogP contribution in [0, 0.1) is 5.92 Å². The molecular weight excluding hydrogens is 442 g/mol. The summed E-state index contributed by atoms with van der Waals surface area (Å²) < 4.78 is 0. The van der Waals surface area contributed by atoms with Crippen LogP contribution in [0.2, 0.25) is 0 Å². The number of carbonyl (C=O) groups excluding carboxylic acids is 2. The number of H-pyrrole nitrogens is 2. The maximum Gasteiger partial charge on any atom is 0.254 e. The van der Waals surface area contributed by atoms with Gasteiger partial charge in [0, 0.05) is 30.3 Å². The number of nitrogens with one attached hydrogen (secondary N) is 4. The number of nitrogens with two attached hydrogens (primary N) is 1. The van der Waals surface area contributed by atoms with Crippen molar-refractivity contribution in [3.8, 4) is 0 Å². The summed E-state index contributed by atoms with van der Waals surface area (Å²) in [6.07, 6.45) is 3.54. The molecule has 2 amide bonds. The zero-order chi connectivity index (χ0) is 23.5. The van der Waals surface area contributed by atoms with E-state index in [9.17, 15) is 14.4 Å². The van der Waals surface area contributed by atoms with E-state index in [0.717, 1.165) is 30.5 Å². The van der Waals surface area contributed by atoms with E-state index in [1.165, 1.54) is 18.7 Å². The number of imidazole rings is 1. The monoisotopic (exact) mass is 469 g/mol. The normalized spacial score (nSPS) is 15.3. The minimum atomic E-state index is -0.239. The first kappa shape index (κ1) is 22.8. The second kappa shape index (κ2) is 9.65. The predicted octanol–water partition coefficient (Wildman–Crippen LogP) is 2.82. The van der Waals surface area contributed by atoms with Gasteiger partial charge in [-0.3, -0.25) is 19.7 Å². The van der Waals surface area contributed by atoms with Crippen molar-refractivity contribution in [2.75, 3.05) is 22.1 Å². The zero-order valence-corrected chi connectivity index (χ0v) is 19.4. The molecule has 1 aliphatic rings. The number of fused-ring (bicyclic) bond motifs is 2. The fourth-order valence-corrected chi connectivity index (χ4v) is 4.74. The Morgan fingerprint density at radius 1 is 1.24 bits per heavy atom. The number of nitrogen functional groups attached to an aromatic ring is 1. The number of amides is 2. The minimum Gasteiger partial charge on any atom is -0.399 e. The summed E-state index contributed by atoms with van der Waals surface area (Å²) in [5, 5.41) is 6.04. The lowest BCUT2D eigenvalue weighted by atomic mass is 9.89. The lowest BCUT2D eigenvalue weighted by Crippen LogP contribution is -2.24. The van der Waals surface area contributed by atoms with Crippen molar-refractivity contribution in [3.63, 3.8) is 0 Å². The highest BCUT2D eigenvalue weighted by molar-refractivity contribution is 7.99. The van der Waals surface area contributed by atoms with Gasteiger partial charge in [-0.05, 0) is 43.7 Å². The fraction of sp³-hybridized carbons (Fsp3) is 0.409. The molecule has 3 aromatic rings. The lowest BCUT2D eigenvalue weighted by molar-refractivity contribution is -0.116. The highest BCUT2D eigenvalue weighted by atomic mass is 32.2. The summed E-state index contributed by atoms with van der Waals surface area (Å²) in [7, 11) is 0. The topological polar surface area (TPSA) is 159 Å². The van der Waals surface area contributed by atoms with Crippen LogP contribution in [-0.2, 0) is 22.4 Å². The smallest absolute Gasteiger partial charge is 0.254 e. The average molecular weight is 470 g/mol. The maximum atomic E-state index is 12.4. The van der Waals surface area contributed by atoms with E-state index in [1.54, 1.807) is 12.1 Å². The summed E-state index contributed by atoms with van der Waals surface area (Å²) in [6, 6.07) is 3.31. The predicted molar refractivity (Wildman–Crippen MR) is 129 cm³/mol. The molecule has 1 aromatic carbocycles. The van der Waals surface area contributed by atoms with Crippen molar-refractivity contribution < 1.29 is 9.59 Å². The Labute approximate surface area is 194 Å². The molecule has 1 atom stereocenters. The molecule has 6 N–H and O–H groups in total. The molecule has 4 rings (SSSR count). The molecule has 0 saturated carbocycles. The highest BCUT2D eigenvalue weighted by Crippen LogP contribution is 2.27. The van der Waals surface area contributed by atoms with Gasteiger partial charge in [-0.25, -0.2) is 9.97 Å². The second-order valence-electron chi connectivity index (χ2n) is 8.38. The second-order valence-corrected chi connectivity index (χ2v) is 9.46. The van der Waals surface area contributed by atoms with Crippen LogP contribution in [0.1, 0.15) is 44.4 Å². The molecule has 33 heavy (non-hydrogen) atoms. The van der Waals surface area contributed by atoms with Gasteiger partial charge in [0.25, 0.3) is 5.56 Å². The Bertz CT molecular complexity index is 1270. The third-order valence-corrected chi connectivity index (χ3v) is 6.43. The summed E-state index contributed by atoms with van der Waals surface area (Å²) in [5.41, 5.74) is 9.62. The number of aromatic amines is 2. The fourth-order valence-electron chi connectivity index (χ4n) is 3.92. The maximum absolute atomic E-state index is 12.4. The molecular formula is C22H27N7O3S. The standard InChI is InChI=1S/C22H27N7O3S/c1-11-5-6-14-15(8-11)26-22(29-20(14)32)33-7-3-4-18(31)27-21-25-17-10-13(23)9-16(19(17)28-21)24-12(2)30/h9-11H,3-8,23H2,1-2H3,(H,24,30)(H,26,29,32)(H2,25,27,28,31). The first-order valence-corrected chi connectivity index (χ1v) is 11.9. The Balaban J connectivity index is 1.32. The highest BCUT2D eigenvalue weighted by Gasteiger charge is 2.20. The molecule has 0 radical (unpaired) electrons. The van der Waals surface area contributed by atoms with Crippen LogP contribution >= 0.6 is 11.8 Å². The van der Waals surface area contributed by atoms with Crippen molar-refractivity contribution in [1.29, 1.82) is 0 Å². The van der Waals surface area contributed by atoms with Gasteiger partial charge in [0.2, 0.25) is 17.8 Å². The quantitative estimate of drug-likeness (QED) is 0.154. The summed E-state index contributed by atoms with van der Waals surface area (Å²) in [4.78, 5) is 50.9. The van der Waals surface area contributed by atoms with Crippen LogP contribution in [0.5, 0.6) is 0 Å². The summed E-state index contributed by atoms with van der Waals surface area (Å²) in [5.74, 6) is 1.04. The van der Waals surface area contributed by atoms with Gasteiger partial charge in [0.1, 0.15) is 5.52 Å². The number of hydrogen-bond donors (Lipinski definition) is 5. The number of hydrogen-bond acceptors (Lipinski definition) is 7. The molecule has 0 spiro atoms. The Morgan fingerprint density at radius 3 is 2.85 bits per heavy atom. The Morgan fingerprint density at radius 2 is 2.06 bits per heavy atom. The van der Waals surface area contributed by atoms with Crippen molar-refractivity contribution in [2.24, 2.45) is 5.92 Å². The van der Waals surface area contributed by atoms with Crippen molar-refractivity contribution in [1.82, 2.24) is 19.9 Å². The summed E-state index contributed by atoms with van der Waals surface area (Å²) in [6.45, 7) is 3.58. The van der Waals surface area contributed by atoms with Crippen LogP contribution < -0.4 is 21.9 Å². The van der Waals surface area contributed by atoms with E-state index in [2.05, 4.69) is 37.5 Å². The van der Waals surface area contributed by atoms with Gasteiger partial charge in [-0.15, -0.1) is 0 Å². The molecule has 1 aliphatic carbocycles. The molecule has 11 heteroatoms. The lowest BCUT2D eigenvalue weighted by Gasteiger charge is -2.19. The molecule has 10 nitrogen and oxygen atoms in total. The molecule has 0 fully saturated rings. The molecule has 174 valence electrons. The van der Waals surface area contributed by atoms with E-state index in [1.807, 2.05) is 0 Å². The van der Waals surface area contributed by atoms with Gasteiger partial charge < -0.3 is 21.0 Å². The van der Waals surface area contributed by atoms with Gasteiger partial charge >= 0.3 is 0 Å². The molecule has 0 saturated heterocycles. The van der Waals surface area contributed by atoms with E-state index >= 15 is 0 Å². The van der Waals surface area contributed by atoms with E-state index in [0.29, 0.717) is 45.7 Å². The molecule has 0 bridgehead atoms. The third kappa shape index (κ3) is 5.54. The third-order valence-electron chi connectivity index (χ3n) is 5.47. The molecule has 2 heterocycles. The van der Waals surface area contributed by atoms with Crippen molar-refractivity contribution in [3.05, 3.63) is 33.7 Å². The van der Waals surface area contributed by atoms with Gasteiger partial charge in [-0.1, -0.05) is 18.7 Å². The Hall–Kier alpha value is -3.34. The van der Waals surface area contributed by atoms with Crippen LogP contribution in [-0.4, -0.2) is 37.5 Å². The number of thioether (sulfide) groups is 1. The first-order chi connectivity index (χ1) is 15.8. The molecule has 2 aromatic heterocycles. The van der Waals surface area contributed by atoms with E-state index < -0.39 is 0 Å². The van der Waals surface area contributed by atoms with E-state index in [-0.39, 0.29) is 29.7 Å². The minimum absolute atomic E-state index is 0.0451. The number of nitrogens with zero attached hydrogens (tertiary/aromatic N) is 2. The van der Waals surface area contributed by atoms with Crippen molar-refractivity contribution >= 4 is 51.9 Å². The van der Waals surface area contributed by atoms with Crippen LogP contribution in [0.25, 0.3) is 11.0 Å². The Kier molecular flexibility index (Phi) is 6.68. The van der Waals surface area contributed by atoms with Crippen LogP contribution in [0.4, 0.5) is 17.3 Å². The SMILES string of the molecule is CC(=O)Nc1cc(N)cc2[nH]c(NC(=O)CCCSc3nc4c(c(=O)[nH]3)CCC(C)C4)nc12. The van der Waals surface area contributed by atoms with E-state index in [4.69, 9.17) is 5.73 Å². The van der Waals surface area contributed by atoms with Crippen molar-refractivity contribution in [2.45, 2.75) is 51.1 Å². The average Bonchev–Trinajstić information content (AvgIpc) is 3.12. The number of benzene rings is 1. The summed E-state index contributed by atoms with van der Waals surface area (Å²) >= 11 is 1.45. The first-order valence-electron chi connectivity index (χ1n) is 10.9. The van der Waals surface area contributed by atoms with Gasteiger partial charge in [0.05, 0.1) is 16.9 Å². The molecule has 1 unspecified atom stereocenters. The largest absolute Gasteiger partial charge is 0.399 e. The number of aromatic nitrogens is 4. The number of rotatable bonds is 7. The zero-order valence-electron chi connectivity index (χ0n) is 18.6. The van der Waals surface area contributed by atoms with Crippen LogP contribution in [0.3, 0.4) is 0 Å². The van der Waals surface area contributed by atoms with Crippen LogP contribution in [0.15, 0.2) is 22.1 Å². The molecule has 0 aliphatic heterocycles. The van der Waals surface area contributed by atoms with Gasteiger partial charge in [-0.2, -0.15) is 0 Å².